The van der Waals surface area contributed by atoms with E-state index in [0.29, 0.717) is 10.6 Å². The van der Waals surface area contributed by atoms with E-state index in [0.717, 1.165) is 0 Å². The fourth-order valence-electron chi connectivity index (χ4n) is 2.06. The fraction of sp³-hybridized carbons (Fsp3) is 0.385. The average Bonchev–Trinajstić information content (AvgIpc) is 2.71. The first-order chi connectivity index (χ1) is 10.3. The Kier molecular flexibility index (Phi) is 4.01. The molecule has 2 rings (SSSR count). The number of benzene rings is 1. The zero-order valence-electron chi connectivity index (χ0n) is 11.7. The summed E-state index contributed by atoms with van der Waals surface area (Å²) in [4.78, 5) is 24.4. The standard InChI is InChI=1S/C13H13F3N2O4/c1-3-22-12(13(14,15)16)10(19)18(11(20)17-12)8-4-6-9(21-2)7-5-8/h4-7H,3H2,1-2H3,(H,17,20)/t12-/m1/s1. The number of halogens is 3. The molecule has 0 aliphatic carbocycles. The number of carbonyl (C=O) groups excluding carboxylic acids is 2. The summed E-state index contributed by atoms with van der Waals surface area (Å²) in [6, 6.07) is 4.23. The summed E-state index contributed by atoms with van der Waals surface area (Å²) < 4.78 is 49.2. The summed E-state index contributed by atoms with van der Waals surface area (Å²) in [5.74, 6) is -1.10. The zero-order valence-corrected chi connectivity index (χ0v) is 11.7. The lowest BCUT2D eigenvalue weighted by atomic mass is 10.2. The molecule has 1 fully saturated rings. The second-order valence-electron chi connectivity index (χ2n) is 4.38. The number of urea groups is 1. The Hall–Kier alpha value is -2.29. The molecule has 1 saturated heterocycles. The molecule has 0 radical (unpaired) electrons. The molecule has 3 amide bonds. The maximum atomic E-state index is 13.2. The van der Waals surface area contributed by atoms with E-state index < -0.39 is 30.4 Å². The molecule has 1 aromatic carbocycles. The molecule has 6 nitrogen and oxygen atoms in total. The van der Waals surface area contributed by atoms with Gasteiger partial charge in [-0.1, -0.05) is 0 Å². The molecule has 22 heavy (non-hydrogen) atoms. The van der Waals surface area contributed by atoms with Gasteiger partial charge in [0, 0.05) is 6.61 Å². The largest absolute Gasteiger partial charge is 0.497 e. The van der Waals surface area contributed by atoms with E-state index in [1.807, 2.05) is 0 Å². The van der Waals surface area contributed by atoms with Crippen molar-refractivity contribution in [3.05, 3.63) is 24.3 Å². The van der Waals surface area contributed by atoms with Gasteiger partial charge in [-0.15, -0.1) is 0 Å². The van der Waals surface area contributed by atoms with Gasteiger partial charge in [-0.25, -0.2) is 9.69 Å². The van der Waals surface area contributed by atoms with Crippen LogP contribution in [0.3, 0.4) is 0 Å². The third-order valence-electron chi connectivity index (χ3n) is 3.08. The smallest absolute Gasteiger partial charge is 0.446 e. The quantitative estimate of drug-likeness (QED) is 0.863. The third kappa shape index (κ3) is 2.37. The Labute approximate surface area is 123 Å². The summed E-state index contributed by atoms with van der Waals surface area (Å²) >= 11 is 0. The van der Waals surface area contributed by atoms with Crippen LogP contribution in [-0.4, -0.2) is 37.6 Å². The van der Waals surface area contributed by atoms with Gasteiger partial charge < -0.3 is 9.47 Å². The molecule has 120 valence electrons. The number of alkyl halides is 3. The number of methoxy groups -OCH3 is 1. The Morgan fingerprint density at radius 1 is 1.23 bits per heavy atom. The number of ether oxygens (including phenoxy) is 2. The van der Waals surface area contributed by atoms with Crippen LogP contribution >= 0.6 is 0 Å². The van der Waals surface area contributed by atoms with Gasteiger partial charge in [-0.05, 0) is 31.2 Å². The van der Waals surface area contributed by atoms with Crippen molar-refractivity contribution >= 4 is 17.6 Å². The van der Waals surface area contributed by atoms with Gasteiger partial charge in [-0.2, -0.15) is 13.2 Å². The van der Waals surface area contributed by atoms with Gasteiger partial charge in [0.1, 0.15) is 5.75 Å². The monoisotopic (exact) mass is 318 g/mol. The van der Waals surface area contributed by atoms with E-state index in [9.17, 15) is 22.8 Å². The van der Waals surface area contributed by atoms with Crippen LogP contribution in [0.4, 0.5) is 23.7 Å². The molecule has 1 aliphatic heterocycles. The normalized spacial score (nSPS) is 22.0. The van der Waals surface area contributed by atoms with Gasteiger partial charge in [0.25, 0.3) is 5.91 Å². The van der Waals surface area contributed by atoms with Crippen molar-refractivity contribution < 1.29 is 32.2 Å². The maximum Gasteiger partial charge on any atom is 0.446 e. The minimum Gasteiger partial charge on any atom is -0.497 e. The summed E-state index contributed by atoms with van der Waals surface area (Å²) in [6.45, 7) is 0.894. The first-order valence-corrected chi connectivity index (χ1v) is 6.28. The molecule has 1 atom stereocenters. The van der Waals surface area contributed by atoms with Gasteiger partial charge in [0.15, 0.2) is 0 Å². The first kappa shape index (κ1) is 16.1. The summed E-state index contributed by atoms with van der Waals surface area (Å²) in [5.41, 5.74) is -3.38. The third-order valence-corrected chi connectivity index (χ3v) is 3.08. The molecule has 1 heterocycles. The number of carbonyl (C=O) groups is 2. The first-order valence-electron chi connectivity index (χ1n) is 6.28. The Morgan fingerprint density at radius 2 is 1.82 bits per heavy atom. The minimum absolute atomic E-state index is 0.0193. The van der Waals surface area contributed by atoms with Crippen LogP contribution in [0.5, 0.6) is 5.75 Å². The highest BCUT2D eigenvalue weighted by molar-refractivity contribution is 6.23. The van der Waals surface area contributed by atoms with Crippen molar-refractivity contribution in [3.63, 3.8) is 0 Å². The van der Waals surface area contributed by atoms with E-state index in [1.165, 1.54) is 38.3 Å². The second kappa shape index (κ2) is 5.48. The van der Waals surface area contributed by atoms with Gasteiger partial charge in [0.05, 0.1) is 12.8 Å². The molecule has 0 saturated carbocycles. The number of imide groups is 1. The number of rotatable bonds is 4. The van der Waals surface area contributed by atoms with E-state index in [4.69, 9.17) is 4.74 Å². The number of hydrogen-bond acceptors (Lipinski definition) is 4. The number of anilines is 1. The second-order valence-corrected chi connectivity index (χ2v) is 4.38. The Balaban J connectivity index is 2.42. The summed E-state index contributed by atoms with van der Waals surface area (Å²) in [5, 5.41) is 1.59. The SMILES string of the molecule is CCO[C@]1(C(F)(F)F)NC(=O)N(c2ccc(OC)cc2)C1=O. The van der Waals surface area contributed by atoms with Crippen molar-refractivity contribution in [2.45, 2.75) is 18.8 Å². The fourth-order valence-corrected chi connectivity index (χ4v) is 2.06. The average molecular weight is 318 g/mol. The molecule has 0 aromatic heterocycles. The number of hydrogen-bond donors (Lipinski definition) is 1. The van der Waals surface area contributed by atoms with Crippen LogP contribution in [0.1, 0.15) is 6.92 Å². The summed E-state index contributed by atoms with van der Waals surface area (Å²) in [6.07, 6.45) is -5.09. The summed E-state index contributed by atoms with van der Waals surface area (Å²) in [7, 11) is 1.41. The van der Waals surface area contributed by atoms with Gasteiger partial charge in [-0.3, -0.25) is 10.1 Å². The van der Waals surface area contributed by atoms with Crippen molar-refractivity contribution in [1.29, 1.82) is 0 Å². The lowest BCUT2D eigenvalue weighted by Crippen LogP contribution is -2.60. The predicted octanol–water partition coefficient (Wildman–Crippen LogP) is 2.05. The number of nitrogens with zero attached hydrogens (tertiary/aromatic N) is 1. The van der Waals surface area contributed by atoms with Crippen molar-refractivity contribution in [2.75, 3.05) is 18.6 Å². The number of nitrogens with one attached hydrogen (secondary N) is 1. The van der Waals surface area contributed by atoms with Crippen LogP contribution in [-0.2, 0) is 9.53 Å². The molecule has 0 spiro atoms. The topological polar surface area (TPSA) is 67.9 Å². The van der Waals surface area contributed by atoms with E-state index in [1.54, 1.807) is 5.32 Å². The van der Waals surface area contributed by atoms with E-state index >= 15 is 0 Å². The molecule has 1 aliphatic rings. The van der Waals surface area contributed by atoms with Crippen LogP contribution in [0.15, 0.2) is 24.3 Å². The molecule has 9 heteroatoms. The van der Waals surface area contributed by atoms with Crippen LogP contribution in [0, 0.1) is 0 Å². The van der Waals surface area contributed by atoms with Crippen molar-refractivity contribution in [2.24, 2.45) is 0 Å². The highest BCUT2D eigenvalue weighted by atomic mass is 19.4. The van der Waals surface area contributed by atoms with Gasteiger partial charge >= 0.3 is 17.9 Å². The number of amides is 3. The van der Waals surface area contributed by atoms with E-state index in [-0.39, 0.29) is 5.69 Å². The van der Waals surface area contributed by atoms with Crippen molar-refractivity contribution in [3.8, 4) is 5.75 Å². The highest BCUT2D eigenvalue weighted by Gasteiger charge is 2.69. The lowest BCUT2D eigenvalue weighted by molar-refractivity contribution is -0.267. The van der Waals surface area contributed by atoms with Gasteiger partial charge in [0.2, 0.25) is 0 Å². The molecule has 1 aromatic rings. The molecule has 1 N–H and O–H groups in total. The van der Waals surface area contributed by atoms with Crippen LogP contribution in [0.25, 0.3) is 0 Å². The Bertz CT molecular complexity index is 588. The van der Waals surface area contributed by atoms with Crippen LogP contribution in [0.2, 0.25) is 0 Å². The molecule has 0 bridgehead atoms. The highest BCUT2D eigenvalue weighted by Crippen LogP contribution is 2.38. The van der Waals surface area contributed by atoms with Crippen molar-refractivity contribution in [1.82, 2.24) is 5.32 Å². The molecular formula is C13H13F3N2O4. The lowest BCUT2D eigenvalue weighted by Gasteiger charge is -2.28. The van der Waals surface area contributed by atoms with E-state index in [2.05, 4.69) is 4.74 Å². The minimum atomic E-state index is -5.09. The van der Waals surface area contributed by atoms with Crippen LogP contribution < -0.4 is 15.0 Å². The Morgan fingerprint density at radius 3 is 2.27 bits per heavy atom. The predicted molar refractivity (Wildman–Crippen MR) is 69.4 cm³/mol. The molecule has 0 unspecified atom stereocenters. The maximum absolute atomic E-state index is 13.2. The zero-order chi connectivity index (χ0) is 16.5. The molecular weight excluding hydrogens is 305 g/mol.